The van der Waals surface area contributed by atoms with Gasteiger partial charge < -0.3 is 14.8 Å². The molecule has 0 atom stereocenters. The molecule has 3 rings (SSSR count). The Morgan fingerprint density at radius 1 is 1.13 bits per heavy atom. The molecule has 0 saturated carbocycles. The van der Waals surface area contributed by atoms with E-state index >= 15 is 0 Å². The highest BCUT2D eigenvalue weighted by molar-refractivity contribution is 5.93. The number of benzene rings is 1. The minimum atomic E-state index is -0.378. The summed E-state index contributed by atoms with van der Waals surface area (Å²) in [6, 6.07) is 4.20. The van der Waals surface area contributed by atoms with Crippen LogP contribution in [0.15, 0.2) is 12.1 Å². The Bertz CT molecular complexity index is 561. The molecule has 0 bridgehead atoms. The van der Waals surface area contributed by atoms with Gasteiger partial charge in [-0.25, -0.2) is 0 Å². The van der Waals surface area contributed by atoms with Crippen molar-refractivity contribution in [2.24, 2.45) is 0 Å². The van der Waals surface area contributed by atoms with E-state index in [-0.39, 0.29) is 11.7 Å². The quantitative estimate of drug-likeness (QED) is 0.930. The lowest BCUT2D eigenvalue weighted by Crippen LogP contribution is -2.47. The number of nitrogens with one attached hydrogen (secondary N) is 1. The Morgan fingerprint density at radius 2 is 1.70 bits per heavy atom. The van der Waals surface area contributed by atoms with E-state index in [0.717, 1.165) is 42.7 Å². The number of likely N-dealkylation sites (tertiary alicyclic amines) is 1. The molecule has 1 aromatic carbocycles. The predicted octanol–water partition coefficient (Wildman–Crippen LogP) is 2.39. The number of rotatable bonds is 3. The highest BCUT2D eigenvalue weighted by atomic mass is 16.7. The molecule has 2 fully saturated rings. The highest BCUT2D eigenvalue weighted by Crippen LogP contribution is 2.31. The zero-order valence-corrected chi connectivity index (χ0v) is 14.3. The Labute approximate surface area is 137 Å². The number of nitrogens with zero attached hydrogens (tertiary/aromatic N) is 1. The van der Waals surface area contributed by atoms with E-state index < -0.39 is 0 Å². The fraction of sp³-hybridized carbons (Fsp3) is 0.611. The van der Waals surface area contributed by atoms with Gasteiger partial charge in [0.25, 0.3) is 0 Å². The van der Waals surface area contributed by atoms with Crippen LogP contribution < -0.4 is 5.32 Å². The minimum Gasteiger partial charge on any atom is -0.347 e. The number of carbonyl (C=O) groups is 1. The number of aryl methyl sites for hydroxylation is 3. The Kier molecular flexibility index (Phi) is 4.71. The zero-order chi connectivity index (χ0) is 16.4. The van der Waals surface area contributed by atoms with Crippen molar-refractivity contribution in [2.75, 3.05) is 38.2 Å². The number of amides is 1. The second-order valence-corrected chi connectivity index (χ2v) is 6.71. The van der Waals surface area contributed by atoms with Gasteiger partial charge in [0.15, 0.2) is 5.79 Å². The largest absolute Gasteiger partial charge is 0.347 e. The summed E-state index contributed by atoms with van der Waals surface area (Å²) < 4.78 is 11.4. The molecule has 2 aliphatic rings. The Morgan fingerprint density at radius 3 is 2.26 bits per heavy atom. The standard InChI is InChI=1S/C18H26N2O3/c1-13-10-14(2)17(15(3)11-13)19-16(21)12-20-6-4-18(5-7-20)22-8-9-23-18/h10-11H,4-9,12H2,1-3H3,(H,19,21). The average molecular weight is 318 g/mol. The molecule has 2 heterocycles. The maximum absolute atomic E-state index is 12.4. The maximum atomic E-state index is 12.4. The number of anilines is 1. The zero-order valence-electron chi connectivity index (χ0n) is 14.3. The summed E-state index contributed by atoms with van der Waals surface area (Å²) in [5, 5.41) is 3.07. The number of ether oxygens (including phenoxy) is 2. The SMILES string of the molecule is Cc1cc(C)c(NC(=O)CN2CCC3(CC2)OCCO3)c(C)c1. The molecular weight excluding hydrogens is 292 g/mol. The summed E-state index contributed by atoms with van der Waals surface area (Å²) in [6.07, 6.45) is 1.67. The summed E-state index contributed by atoms with van der Waals surface area (Å²) in [7, 11) is 0. The minimum absolute atomic E-state index is 0.0456. The van der Waals surface area contributed by atoms with E-state index in [1.54, 1.807) is 0 Å². The first-order valence-electron chi connectivity index (χ1n) is 8.35. The van der Waals surface area contributed by atoms with E-state index in [9.17, 15) is 4.79 Å². The van der Waals surface area contributed by atoms with Crippen molar-refractivity contribution in [1.29, 1.82) is 0 Å². The summed E-state index contributed by atoms with van der Waals surface area (Å²) >= 11 is 0. The van der Waals surface area contributed by atoms with Gasteiger partial charge in [0.05, 0.1) is 19.8 Å². The van der Waals surface area contributed by atoms with Crippen molar-refractivity contribution >= 4 is 11.6 Å². The molecule has 2 saturated heterocycles. The molecule has 1 N–H and O–H groups in total. The average Bonchev–Trinajstić information content (AvgIpc) is 2.94. The summed E-state index contributed by atoms with van der Waals surface area (Å²) in [5.41, 5.74) is 4.38. The van der Waals surface area contributed by atoms with E-state index in [1.807, 2.05) is 13.8 Å². The third kappa shape index (κ3) is 3.74. The van der Waals surface area contributed by atoms with Crippen molar-refractivity contribution in [3.05, 3.63) is 28.8 Å². The molecule has 1 amide bonds. The van der Waals surface area contributed by atoms with Gasteiger partial charge in [-0.3, -0.25) is 9.69 Å². The summed E-state index contributed by atoms with van der Waals surface area (Å²) in [6.45, 7) is 9.60. The van der Waals surface area contributed by atoms with Crippen LogP contribution in [0.3, 0.4) is 0 Å². The van der Waals surface area contributed by atoms with Crippen LogP contribution in [0.5, 0.6) is 0 Å². The molecule has 5 heteroatoms. The van der Waals surface area contributed by atoms with Crippen molar-refractivity contribution in [3.63, 3.8) is 0 Å². The number of hydrogen-bond donors (Lipinski definition) is 1. The van der Waals surface area contributed by atoms with Crippen molar-refractivity contribution < 1.29 is 14.3 Å². The van der Waals surface area contributed by atoms with Crippen molar-refractivity contribution in [2.45, 2.75) is 39.4 Å². The van der Waals surface area contributed by atoms with E-state index in [1.165, 1.54) is 5.56 Å². The van der Waals surface area contributed by atoms with Gasteiger partial charge in [0.1, 0.15) is 0 Å². The molecule has 1 aromatic rings. The van der Waals surface area contributed by atoms with Crippen LogP contribution in [0.2, 0.25) is 0 Å². The molecule has 1 spiro atoms. The van der Waals surface area contributed by atoms with Crippen molar-refractivity contribution in [1.82, 2.24) is 4.90 Å². The topological polar surface area (TPSA) is 50.8 Å². The molecule has 2 aliphatic heterocycles. The highest BCUT2D eigenvalue weighted by Gasteiger charge is 2.39. The molecular formula is C18H26N2O3. The molecule has 0 radical (unpaired) electrons. The monoisotopic (exact) mass is 318 g/mol. The first-order valence-corrected chi connectivity index (χ1v) is 8.35. The van der Waals surface area contributed by atoms with Crippen LogP contribution in [0.25, 0.3) is 0 Å². The number of carbonyl (C=O) groups excluding carboxylic acids is 1. The molecule has 0 aliphatic carbocycles. The van der Waals surface area contributed by atoms with Crippen LogP contribution in [0.1, 0.15) is 29.5 Å². The van der Waals surface area contributed by atoms with Gasteiger partial charge in [-0.1, -0.05) is 17.7 Å². The fourth-order valence-corrected chi connectivity index (χ4v) is 3.60. The lowest BCUT2D eigenvalue weighted by Gasteiger charge is -2.37. The molecule has 23 heavy (non-hydrogen) atoms. The van der Waals surface area contributed by atoms with Gasteiger partial charge in [0.2, 0.25) is 5.91 Å². The van der Waals surface area contributed by atoms with Gasteiger partial charge in [-0.05, 0) is 31.9 Å². The first kappa shape index (κ1) is 16.4. The van der Waals surface area contributed by atoms with Crippen LogP contribution in [0.4, 0.5) is 5.69 Å². The lowest BCUT2D eigenvalue weighted by molar-refractivity contribution is -0.185. The number of hydrogen-bond acceptors (Lipinski definition) is 4. The van der Waals surface area contributed by atoms with Gasteiger partial charge in [-0.2, -0.15) is 0 Å². The Balaban J connectivity index is 1.54. The molecule has 5 nitrogen and oxygen atoms in total. The van der Waals surface area contributed by atoms with Crippen LogP contribution in [0, 0.1) is 20.8 Å². The maximum Gasteiger partial charge on any atom is 0.238 e. The third-order valence-corrected chi connectivity index (χ3v) is 4.74. The lowest BCUT2D eigenvalue weighted by atomic mass is 10.0. The molecule has 126 valence electrons. The van der Waals surface area contributed by atoms with Crippen LogP contribution in [-0.2, 0) is 14.3 Å². The Hall–Kier alpha value is -1.43. The van der Waals surface area contributed by atoms with Gasteiger partial charge in [0, 0.05) is 31.6 Å². The van der Waals surface area contributed by atoms with E-state index in [2.05, 4.69) is 29.3 Å². The van der Waals surface area contributed by atoms with Crippen LogP contribution >= 0.6 is 0 Å². The smallest absolute Gasteiger partial charge is 0.238 e. The third-order valence-electron chi connectivity index (χ3n) is 4.74. The number of piperidine rings is 1. The van der Waals surface area contributed by atoms with E-state index in [4.69, 9.17) is 9.47 Å². The predicted molar refractivity (Wildman–Crippen MR) is 89.6 cm³/mol. The summed E-state index contributed by atoms with van der Waals surface area (Å²) in [5.74, 6) is -0.332. The molecule has 0 unspecified atom stereocenters. The van der Waals surface area contributed by atoms with Gasteiger partial charge in [-0.15, -0.1) is 0 Å². The first-order chi connectivity index (χ1) is 11.0. The van der Waals surface area contributed by atoms with Crippen LogP contribution in [-0.4, -0.2) is 49.4 Å². The summed E-state index contributed by atoms with van der Waals surface area (Å²) in [4.78, 5) is 14.5. The normalized spacial score (nSPS) is 20.8. The van der Waals surface area contributed by atoms with E-state index in [0.29, 0.717) is 19.8 Å². The fourth-order valence-electron chi connectivity index (χ4n) is 3.60. The van der Waals surface area contributed by atoms with Gasteiger partial charge >= 0.3 is 0 Å². The second-order valence-electron chi connectivity index (χ2n) is 6.71. The molecule has 0 aromatic heterocycles. The van der Waals surface area contributed by atoms with Crippen molar-refractivity contribution in [3.8, 4) is 0 Å². The second kappa shape index (κ2) is 6.59.